The second kappa shape index (κ2) is 8.60. The molecule has 0 fully saturated rings. The summed E-state index contributed by atoms with van der Waals surface area (Å²) in [4.78, 5) is 22.3. The lowest BCUT2D eigenvalue weighted by Crippen LogP contribution is -2.44. The molecule has 8 nitrogen and oxygen atoms in total. The van der Waals surface area contributed by atoms with Gasteiger partial charge >= 0.3 is 12.1 Å². The first kappa shape index (κ1) is 18.3. The van der Waals surface area contributed by atoms with Gasteiger partial charge in [-0.25, -0.2) is 4.79 Å². The molecule has 0 heterocycles. The lowest BCUT2D eigenvalue weighted by atomic mass is 10.3. The molecule has 23 heavy (non-hydrogen) atoms. The number of likely N-dealkylation sites (N-methyl/N-ethyl adjacent to an activating group) is 1. The van der Waals surface area contributed by atoms with Crippen LogP contribution < -0.4 is 10.1 Å². The van der Waals surface area contributed by atoms with Crippen molar-refractivity contribution in [3.63, 3.8) is 0 Å². The Morgan fingerprint density at radius 3 is 2.74 bits per heavy atom. The molecular formula is C15H20N3O5+. The molecule has 0 saturated heterocycles. The molecule has 0 atom stereocenters. The average Bonchev–Trinajstić information content (AvgIpc) is 2.46. The van der Waals surface area contributed by atoms with E-state index in [-0.39, 0.29) is 13.0 Å². The van der Waals surface area contributed by atoms with Gasteiger partial charge in [0.1, 0.15) is 18.9 Å². The average molecular weight is 322 g/mol. The predicted molar refractivity (Wildman–Crippen MR) is 81.7 cm³/mol. The monoisotopic (exact) mass is 322 g/mol. The molecule has 1 aromatic carbocycles. The number of benzene rings is 1. The highest BCUT2D eigenvalue weighted by molar-refractivity contribution is 5.84. The van der Waals surface area contributed by atoms with Gasteiger partial charge in [-0.05, 0) is 12.1 Å². The number of anilines is 1. The second-order valence-corrected chi connectivity index (χ2v) is 5.51. The summed E-state index contributed by atoms with van der Waals surface area (Å²) in [5.74, 6) is -0.536. The predicted octanol–water partition coefficient (Wildman–Crippen LogP) is 1.65. The van der Waals surface area contributed by atoms with Crippen molar-refractivity contribution < 1.29 is 28.7 Å². The zero-order valence-corrected chi connectivity index (χ0v) is 13.1. The summed E-state index contributed by atoms with van der Waals surface area (Å²) in [6.45, 7) is 1.11. The fraction of sp³-hybridized carbons (Fsp3) is 0.400. The van der Waals surface area contributed by atoms with Crippen molar-refractivity contribution in [3.05, 3.63) is 24.3 Å². The van der Waals surface area contributed by atoms with Crippen LogP contribution in [-0.2, 0) is 9.53 Å². The van der Waals surface area contributed by atoms with Gasteiger partial charge in [0.15, 0.2) is 0 Å². The molecule has 0 aliphatic rings. The molecule has 0 aliphatic carbocycles. The number of hydrogen-bond donors (Lipinski definition) is 2. The number of carboxylic acid groups (broad SMARTS) is 1. The van der Waals surface area contributed by atoms with Crippen LogP contribution in [0.3, 0.4) is 0 Å². The molecule has 1 amide bonds. The number of carbonyl (C=O) groups is 2. The number of amides is 1. The second-order valence-electron chi connectivity index (χ2n) is 5.51. The van der Waals surface area contributed by atoms with E-state index < -0.39 is 12.1 Å². The van der Waals surface area contributed by atoms with Crippen molar-refractivity contribution in [3.8, 4) is 12.0 Å². The van der Waals surface area contributed by atoms with Gasteiger partial charge in [0.25, 0.3) is 6.26 Å². The maximum Gasteiger partial charge on any atom is 0.411 e. The minimum atomic E-state index is -0.852. The van der Waals surface area contributed by atoms with Crippen LogP contribution >= 0.6 is 0 Å². The summed E-state index contributed by atoms with van der Waals surface area (Å²) in [7, 11) is 3.74. The maximum atomic E-state index is 11.7. The summed E-state index contributed by atoms with van der Waals surface area (Å²) in [6, 6.07) is 6.35. The van der Waals surface area contributed by atoms with Crippen molar-refractivity contribution in [1.29, 1.82) is 5.26 Å². The van der Waals surface area contributed by atoms with E-state index >= 15 is 0 Å². The Kier molecular flexibility index (Phi) is 6.83. The SMILES string of the molecule is C[N+](C)(CCOC(=O)Nc1cccc(OC#N)c1)CCC(=O)O. The van der Waals surface area contributed by atoms with Crippen LogP contribution in [0.1, 0.15) is 6.42 Å². The minimum absolute atomic E-state index is 0.0604. The summed E-state index contributed by atoms with van der Waals surface area (Å²) in [5.41, 5.74) is 0.447. The Morgan fingerprint density at radius 2 is 2.09 bits per heavy atom. The van der Waals surface area contributed by atoms with Crippen LogP contribution in [0.2, 0.25) is 0 Å². The van der Waals surface area contributed by atoms with Gasteiger partial charge in [0.05, 0.1) is 27.1 Å². The number of ether oxygens (including phenoxy) is 2. The molecular weight excluding hydrogens is 302 g/mol. The number of carboxylic acids is 1. The number of quaternary nitrogens is 1. The molecule has 124 valence electrons. The van der Waals surface area contributed by atoms with Crippen LogP contribution in [0.15, 0.2) is 24.3 Å². The van der Waals surface area contributed by atoms with E-state index in [0.29, 0.717) is 29.0 Å². The zero-order valence-electron chi connectivity index (χ0n) is 13.1. The van der Waals surface area contributed by atoms with Gasteiger partial charge < -0.3 is 19.1 Å². The quantitative estimate of drug-likeness (QED) is 0.556. The number of rotatable bonds is 8. The molecule has 0 saturated carbocycles. The Hall–Kier alpha value is -2.79. The molecule has 0 unspecified atom stereocenters. The third-order valence-corrected chi connectivity index (χ3v) is 3.10. The van der Waals surface area contributed by atoms with E-state index in [1.54, 1.807) is 24.5 Å². The Balaban J connectivity index is 2.38. The lowest BCUT2D eigenvalue weighted by molar-refractivity contribution is -0.889. The number of nitrogens with zero attached hydrogens (tertiary/aromatic N) is 2. The highest BCUT2D eigenvalue weighted by Crippen LogP contribution is 2.17. The maximum absolute atomic E-state index is 11.7. The largest absolute Gasteiger partial charge is 0.481 e. The number of aliphatic carboxylic acids is 1. The first-order valence-electron chi connectivity index (χ1n) is 6.96. The standard InChI is InChI=1S/C15H19N3O5/c1-18(2,7-6-14(19)20)8-9-22-15(21)17-12-4-3-5-13(10-12)23-11-16/h3-5,10H,6-9H2,1-2H3,(H-,17,19,20,21)/p+1. The summed E-state index contributed by atoms with van der Waals surface area (Å²) in [5, 5.41) is 19.6. The van der Waals surface area contributed by atoms with Gasteiger partial charge in [0.2, 0.25) is 0 Å². The molecule has 2 N–H and O–H groups in total. The van der Waals surface area contributed by atoms with E-state index in [4.69, 9.17) is 15.1 Å². The summed E-state index contributed by atoms with van der Waals surface area (Å²) in [6.07, 6.45) is 0.980. The lowest BCUT2D eigenvalue weighted by Gasteiger charge is -2.28. The van der Waals surface area contributed by atoms with Gasteiger partial charge in [0, 0.05) is 11.8 Å². The van der Waals surface area contributed by atoms with Crippen LogP contribution in [0, 0.1) is 11.5 Å². The minimum Gasteiger partial charge on any atom is -0.481 e. The van der Waals surface area contributed by atoms with Crippen LogP contribution in [0.4, 0.5) is 10.5 Å². The normalized spacial score (nSPS) is 10.5. The van der Waals surface area contributed by atoms with E-state index in [9.17, 15) is 9.59 Å². The zero-order chi connectivity index (χ0) is 17.3. The fourth-order valence-corrected chi connectivity index (χ4v) is 1.74. The van der Waals surface area contributed by atoms with E-state index in [1.807, 2.05) is 14.1 Å². The van der Waals surface area contributed by atoms with Crippen molar-refractivity contribution in [1.82, 2.24) is 0 Å². The van der Waals surface area contributed by atoms with Crippen molar-refractivity contribution in [2.24, 2.45) is 0 Å². The molecule has 0 aromatic heterocycles. The molecule has 0 spiro atoms. The Morgan fingerprint density at radius 1 is 1.35 bits per heavy atom. The van der Waals surface area contributed by atoms with Gasteiger partial charge in [-0.3, -0.25) is 10.1 Å². The van der Waals surface area contributed by atoms with Crippen LogP contribution in [0.25, 0.3) is 0 Å². The van der Waals surface area contributed by atoms with Gasteiger partial charge in [-0.15, -0.1) is 5.26 Å². The molecule has 0 radical (unpaired) electrons. The van der Waals surface area contributed by atoms with Crippen molar-refractivity contribution in [2.45, 2.75) is 6.42 Å². The number of nitriles is 1. The molecule has 0 aliphatic heterocycles. The molecule has 1 aromatic rings. The highest BCUT2D eigenvalue weighted by atomic mass is 16.5. The third-order valence-electron chi connectivity index (χ3n) is 3.10. The Labute approximate surface area is 134 Å². The highest BCUT2D eigenvalue weighted by Gasteiger charge is 2.17. The molecule has 8 heteroatoms. The van der Waals surface area contributed by atoms with E-state index in [0.717, 1.165) is 0 Å². The van der Waals surface area contributed by atoms with Crippen LogP contribution in [-0.4, -0.2) is 55.4 Å². The third kappa shape index (κ3) is 7.68. The Bertz CT molecular complexity index is 595. The van der Waals surface area contributed by atoms with Crippen molar-refractivity contribution in [2.75, 3.05) is 39.1 Å². The summed E-state index contributed by atoms with van der Waals surface area (Å²) >= 11 is 0. The van der Waals surface area contributed by atoms with E-state index in [1.165, 1.54) is 6.07 Å². The summed E-state index contributed by atoms with van der Waals surface area (Å²) < 4.78 is 10.2. The first-order chi connectivity index (χ1) is 10.8. The smallest absolute Gasteiger partial charge is 0.411 e. The molecule has 1 rings (SSSR count). The van der Waals surface area contributed by atoms with E-state index in [2.05, 4.69) is 10.1 Å². The van der Waals surface area contributed by atoms with Gasteiger partial charge in [-0.1, -0.05) is 6.07 Å². The number of carbonyl (C=O) groups excluding carboxylic acids is 1. The first-order valence-corrected chi connectivity index (χ1v) is 6.96. The molecule has 0 bridgehead atoms. The fourth-order valence-electron chi connectivity index (χ4n) is 1.74. The van der Waals surface area contributed by atoms with Crippen LogP contribution in [0.5, 0.6) is 5.75 Å². The topological polar surface area (TPSA) is 109 Å². The number of nitrogens with one attached hydrogen (secondary N) is 1. The van der Waals surface area contributed by atoms with Crippen molar-refractivity contribution >= 4 is 17.7 Å². The number of hydrogen-bond acceptors (Lipinski definition) is 5. The van der Waals surface area contributed by atoms with Gasteiger partial charge in [-0.2, -0.15) is 0 Å².